The van der Waals surface area contributed by atoms with Gasteiger partial charge in [-0.1, -0.05) is 80.8 Å². The van der Waals surface area contributed by atoms with Crippen LogP contribution in [0.25, 0.3) is 0 Å². The van der Waals surface area contributed by atoms with Crippen LogP contribution in [-0.4, -0.2) is 14.1 Å². The first-order valence-electron chi connectivity index (χ1n) is 2.40. The average molecular weight is 332 g/mol. The summed E-state index contributed by atoms with van der Waals surface area (Å²) in [6.07, 6.45) is -3.13. The van der Waals surface area contributed by atoms with Gasteiger partial charge in [0.15, 0.2) is 6.41 Å². The predicted octanol–water partition coefficient (Wildman–Crippen LogP) is 5.63. The van der Waals surface area contributed by atoms with E-state index in [9.17, 15) is 0 Å². The second-order valence-electron chi connectivity index (χ2n) is 1.69. The number of alkyl halides is 6. The van der Waals surface area contributed by atoms with Crippen LogP contribution < -0.4 is 0 Å². The summed E-state index contributed by atoms with van der Waals surface area (Å²) in [6, 6.07) is 0. The Hall–Kier alpha value is 2.26. The van der Waals surface area contributed by atoms with Crippen molar-refractivity contribution >= 4 is 87.3 Å². The quantitative estimate of drug-likeness (QED) is 0.403. The topological polar surface area (TPSA) is 12.4 Å². The Kier molecular flexibility index (Phi) is 5.24. The second kappa shape index (κ2) is 4.41. The van der Waals surface area contributed by atoms with Gasteiger partial charge in [-0.3, -0.25) is 4.74 Å². The van der Waals surface area contributed by atoms with Gasteiger partial charge in [-0.15, -0.1) is 0 Å². The first-order chi connectivity index (χ1) is 5.06. The third kappa shape index (κ3) is 2.87. The van der Waals surface area contributed by atoms with Crippen molar-refractivity contribution in [3.05, 3.63) is 0 Å². The van der Waals surface area contributed by atoms with E-state index in [1.807, 2.05) is 0 Å². The molecule has 1 nitrogen and oxygen atoms in total. The lowest BCUT2D eigenvalue weighted by molar-refractivity contribution is 1.43. The summed E-state index contributed by atoms with van der Waals surface area (Å²) in [4.78, 5) is 0. The molecular formula is C3H3Cl7NP. The third-order valence-corrected chi connectivity index (χ3v) is 10.8. The maximum absolute atomic E-state index is 5.83. The van der Waals surface area contributed by atoms with E-state index in [-0.39, 0.29) is 0 Å². The summed E-state index contributed by atoms with van der Waals surface area (Å²) in [5, 5.41) is 0. The molecule has 0 spiro atoms. The molecule has 9 heteroatoms. The summed E-state index contributed by atoms with van der Waals surface area (Å²) in [5.74, 6) is 0. The minimum Gasteiger partial charge on any atom is -0.283 e. The molecule has 0 aliphatic heterocycles. The molecule has 0 aliphatic carbocycles. The van der Waals surface area contributed by atoms with Crippen molar-refractivity contribution < 1.29 is 0 Å². The highest BCUT2D eigenvalue weighted by atomic mass is 35.7. The van der Waals surface area contributed by atoms with Gasteiger partial charge in [0.25, 0.3) is 0 Å². The van der Waals surface area contributed by atoms with Gasteiger partial charge in [0.05, 0.1) is 0 Å². The molecule has 0 radical (unpaired) electrons. The van der Waals surface area contributed by atoms with Crippen molar-refractivity contribution in [2.24, 2.45) is 4.74 Å². The molecule has 0 rings (SSSR count). The monoisotopic (exact) mass is 329 g/mol. The normalized spacial score (nSPS) is 14.7. The van der Waals surface area contributed by atoms with E-state index in [2.05, 4.69) is 4.74 Å². The Labute approximate surface area is 105 Å². The van der Waals surface area contributed by atoms with E-state index in [0.717, 1.165) is 0 Å². The zero-order chi connectivity index (χ0) is 10.2. The molecule has 0 aromatic rings. The maximum atomic E-state index is 5.83. The van der Waals surface area contributed by atoms with Gasteiger partial charge in [-0.25, -0.2) is 0 Å². The first kappa shape index (κ1) is 14.3. The number of nitrogens with zero attached hydrogens (tertiary/aromatic N) is 1. The Morgan fingerprint density at radius 2 is 1.17 bits per heavy atom. The molecule has 0 atom stereocenters. The molecule has 0 bridgehead atoms. The minimum atomic E-state index is -3.13. The summed E-state index contributed by atoms with van der Waals surface area (Å²) in [6.45, 7) is 0. The van der Waals surface area contributed by atoms with Crippen LogP contribution in [0.5, 0.6) is 0 Å². The van der Waals surface area contributed by atoms with Crippen LogP contribution >= 0.6 is 87.3 Å². The van der Waals surface area contributed by atoms with Crippen LogP contribution in [0.3, 0.4) is 0 Å². The molecule has 0 aromatic heterocycles. The van der Waals surface area contributed by atoms with Crippen molar-refractivity contribution in [2.75, 3.05) is 7.05 Å². The van der Waals surface area contributed by atoms with Crippen LogP contribution in [0.2, 0.25) is 0 Å². The standard InChI is InChI=1S/C3H3Cl7NP/c1-11-12(10,2(4,5)6)3(7,8)9/h1H3. The molecule has 0 heterocycles. The Balaban J connectivity index is 5.28. The Bertz CT molecular complexity index is 194. The molecule has 0 amide bonds. The summed E-state index contributed by atoms with van der Waals surface area (Å²) >= 11 is 39.0. The molecule has 0 aromatic carbocycles. The van der Waals surface area contributed by atoms with Crippen molar-refractivity contribution in [3.63, 3.8) is 0 Å². The highest BCUT2D eigenvalue weighted by Gasteiger charge is 2.53. The summed E-state index contributed by atoms with van der Waals surface area (Å²) < 4.78 is -0.113. The lowest BCUT2D eigenvalue weighted by Gasteiger charge is -2.30. The molecule has 0 aliphatic rings. The molecule has 0 saturated heterocycles. The number of hydrogen-bond donors (Lipinski definition) is 0. The first-order valence-corrected chi connectivity index (χ1v) is 7.31. The van der Waals surface area contributed by atoms with Crippen LogP contribution in [-0.2, 0) is 0 Å². The highest BCUT2D eigenvalue weighted by molar-refractivity contribution is 8.00. The third-order valence-electron chi connectivity index (χ3n) is 0.948. The molecular weight excluding hydrogens is 329 g/mol. The summed E-state index contributed by atoms with van der Waals surface area (Å²) in [7, 11) is 1.34. The van der Waals surface area contributed by atoms with E-state index < -0.39 is 13.5 Å². The van der Waals surface area contributed by atoms with E-state index in [0.29, 0.717) is 0 Å². The van der Waals surface area contributed by atoms with E-state index in [1.54, 1.807) is 0 Å². The smallest absolute Gasteiger partial charge is 0.240 e. The minimum absolute atomic E-state index is 1.34. The van der Waals surface area contributed by atoms with Crippen molar-refractivity contribution in [1.29, 1.82) is 0 Å². The average Bonchev–Trinajstić information content (AvgIpc) is 1.81. The molecule has 0 fully saturated rings. The Morgan fingerprint density at radius 3 is 1.17 bits per heavy atom. The van der Waals surface area contributed by atoms with Crippen LogP contribution in [0.1, 0.15) is 0 Å². The molecule has 0 saturated carbocycles. The largest absolute Gasteiger partial charge is 0.283 e. The second-order valence-corrected chi connectivity index (χ2v) is 12.2. The van der Waals surface area contributed by atoms with Crippen molar-refractivity contribution in [2.45, 2.75) is 7.07 Å². The number of rotatable bonds is 0. The summed E-state index contributed by atoms with van der Waals surface area (Å²) in [5.41, 5.74) is 0. The van der Waals surface area contributed by atoms with Crippen molar-refractivity contribution in [1.82, 2.24) is 0 Å². The van der Waals surface area contributed by atoms with Gasteiger partial charge >= 0.3 is 0 Å². The molecule has 0 N–H and O–H groups in total. The fourth-order valence-corrected chi connectivity index (χ4v) is 5.92. The van der Waals surface area contributed by atoms with E-state index in [1.165, 1.54) is 7.05 Å². The lowest BCUT2D eigenvalue weighted by Crippen LogP contribution is -2.12. The van der Waals surface area contributed by atoms with Gasteiger partial charge in [0, 0.05) is 7.05 Å². The fourth-order valence-electron chi connectivity index (χ4n) is 0.371. The highest BCUT2D eigenvalue weighted by Crippen LogP contribution is 2.81. The van der Waals surface area contributed by atoms with E-state index >= 15 is 0 Å². The lowest BCUT2D eigenvalue weighted by atomic mass is 11.6. The number of halogens is 7. The predicted molar refractivity (Wildman–Crippen MR) is 61.7 cm³/mol. The van der Waals surface area contributed by atoms with Gasteiger partial charge in [0.2, 0.25) is 7.07 Å². The number of hydrogen-bond acceptors (Lipinski definition) is 1. The molecule has 0 unspecified atom stereocenters. The maximum Gasteiger partial charge on any atom is 0.240 e. The van der Waals surface area contributed by atoms with Crippen LogP contribution in [0.4, 0.5) is 0 Å². The van der Waals surface area contributed by atoms with Gasteiger partial charge in [0.1, 0.15) is 0 Å². The zero-order valence-corrected chi connectivity index (χ0v) is 11.7. The van der Waals surface area contributed by atoms with Gasteiger partial charge in [-0.05, 0) is 0 Å². The molecule has 12 heavy (non-hydrogen) atoms. The van der Waals surface area contributed by atoms with E-state index in [4.69, 9.17) is 80.8 Å². The van der Waals surface area contributed by atoms with Gasteiger partial charge < -0.3 is 0 Å². The van der Waals surface area contributed by atoms with Gasteiger partial charge in [-0.2, -0.15) is 0 Å². The van der Waals surface area contributed by atoms with Crippen LogP contribution in [0.15, 0.2) is 4.74 Å². The zero-order valence-electron chi connectivity index (χ0n) is 5.54. The molecule has 74 valence electrons. The SMILES string of the molecule is CN=P(Cl)(C(Cl)(Cl)Cl)C(Cl)(Cl)Cl. The van der Waals surface area contributed by atoms with Crippen LogP contribution in [0, 0.1) is 0 Å². The van der Waals surface area contributed by atoms with Crippen molar-refractivity contribution in [3.8, 4) is 0 Å². The Morgan fingerprint density at radius 1 is 0.917 bits per heavy atom. The fraction of sp³-hybridized carbons (Fsp3) is 1.00.